The summed E-state index contributed by atoms with van der Waals surface area (Å²) in [5.74, 6) is -1.31. The average Bonchev–Trinajstić information content (AvgIpc) is 2.29. The van der Waals surface area contributed by atoms with Gasteiger partial charge in [0.05, 0.1) is 11.5 Å². The predicted octanol–water partition coefficient (Wildman–Crippen LogP) is 1.01. The average molecular weight is 275 g/mol. The number of halogens is 1. The quantitative estimate of drug-likeness (QED) is 0.752. The van der Waals surface area contributed by atoms with E-state index in [4.69, 9.17) is 0 Å². The first kappa shape index (κ1) is 14.6. The van der Waals surface area contributed by atoms with Crippen LogP contribution in [-0.4, -0.2) is 38.9 Å². The molecule has 0 amide bonds. The van der Waals surface area contributed by atoms with Crippen LogP contribution < -0.4 is 0 Å². The number of ether oxygens (including phenoxy) is 1. The number of rotatable bonds is 5. The molecule has 1 rings (SSSR count). The number of nitrogens with zero attached hydrogens (tertiary/aromatic N) is 1. The maximum Gasteiger partial charge on any atom is 0.321 e. The molecule has 0 N–H and O–H groups in total. The van der Waals surface area contributed by atoms with Crippen LogP contribution in [0, 0.1) is 5.82 Å². The Balaban J connectivity index is 2.90. The van der Waals surface area contributed by atoms with Gasteiger partial charge in [-0.3, -0.25) is 4.79 Å². The fourth-order valence-corrected chi connectivity index (χ4v) is 2.43. The van der Waals surface area contributed by atoms with E-state index < -0.39 is 28.4 Å². The SMILES string of the molecule is CCOC(=O)CN(C)S(=O)(=O)c1cccc(F)c1. The monoisotopic (exact) mass is 275 g/mol. The van der Waals surface area contributed by atoms with E-state index in [0.717, 1.165) is 16.4 Å². The van der Waals surface area contributed by atoms with Gasteiger partial charge in [0.2, 0.25) is 10.0 Å². The first-order chi connectivity index (χ1) is 8.37. The zero-order valence-corrected chi connectivity index (χ0v) is 10.9. The fourth-order valence-electron chi connectivity index (χ4n) is 1.28. The Morgan fingerprint density at radius 3 is 2.67 bits per heavy atom. The van der Waals surface area contributed by atoms with Crippen LogP contribution in [0.3, 0.4) is 0 Å². The van der Waals surface area contributed by atoms with Gasteiger partial charge in [0.1, 0.15) is 12.4 Å². The van der Waals surface area contributed by atoms with Gasteiger partial charge >= 0.3 is 5.97 Å². The van der Waals surface area contributed by atoms with Crippen LogP contribution in [0.25, 0.3) is 0 Å². The van der Waals surface area contributed by atoms with Crippen molar-refractivity contribution in [3.63, 3.8) is 0 Å². The van der Waals surface area contributed by atoms with Crippen molar-refractivity contribution < 1.29 is 22.3 Å². The molecular formula is C11H14FNO4S. The van der Waals surface area contributed by atoms with Crippen molar-refractivity contribution in [1.29, 1.82) is 0 Å². The first-order valence-corrected chi connectivity index (χ1v) is 6.69. The van der Waals surface area contributed by atoms with Crippen molar-refractivity contribution in [2.24, 2.45) is 0 Å². The van der Waals surface area contributed by atoms with Crippen LogP contribution in [0.5, 0.6) is 0 Å². The molecule has 0 aliphatic heterocycles. The number of esters is 1. The lowest BCUT2D eigenvalue weighted by Gasteiger charge is -2.16. The topological polar surface area (TPSA) is 63.7 Å². The summed E-state index contributed by atoms with van der Waals surface area (Å²) in [6.45, 7) is 1.39. The maximum absolute atomic E-state index is 13.0. The second kappa shape index (κ2) is 5.92. The molecule has 1 aromatic rings. The summed E-state index contributed by atoms with van der Waals surface area (Å²) in [4.78, 5) is 11.0. The minimum Gasteiger partial charge on any atom is -0.465 e. The number of carbonyl (C=O) groups is 1. The Bertz CT molecular complexity index is 530. The number of hydrogen-bond acceptors (Lipinski definition) is 4. The van der Waals surface area contributed by atoms with Gasteiger partial charge in [0, 0.05) is 7.05 Å². The molecule has 0 aromatic heterocycles. The van der Waals surface area contributed by atoms with E-state index >= 15 is 0 Å². The van der Waals surface area contributed by atoms with Crippen molar-refractivity contribution in [2.75, 3.05) is 20.2 Å². The third kappa shape index (κ3) is 3.51. The molecule has 0 radical (unpaired) electrons. The van der Waals surface area contributed by atoms with Crippen molar-refractivity contribution in [3.8, 4) is 0 Å². The smallest absolute Gasteiger partial charge is 0.321 e. The minimum absolute atomic E-state index is 0.173. The van der Waals surface area contributed by atoms with Gasteiger partial charge in [-0.1, -0.05) is 6.07 Å². The summed E-state index contributed by atoms with van der Waals surface area (Å²) in [5.41, 5.74) is 0. The molecule has 18 heavy (non-hydrogen) atoms. The summed E-state index contributed by atoms with van der Waals surface area (Å²) in [6.07, 6.45) is 0. The molecule has 0 spiro atoms. The normalized spacial score (nSPS) is 11.6. The Morgan fingerprint density at radius 2 is 2.11 bits per heavy atom. The minimum atomic E-state index is -3.88. The molecule has 0 aliphatic carbocycles. The lowest BCUT2D eigenvalue weighted by atomic mass is 10.4. The van der Waals surface area contributed by atoms with Crippen LogP contribution in [0.15, 0.2) is 29.2 Å². The number of likely N-dealkylation sites (N-methyl/N-ethyl adjacent to an activating group) is 1. The second-order valence-electron chi connectivity index (χ2n) is 3.52. The predicted molar refractivity (Wildman–Crippen MR) is 62.8 cm³/mol. The molecule has 0 fully saturated rings. The highest BCUT2D eigenvalue weighted by Crippen LogP contribution is 2.15. The molecule has 1 aromatic carbocycles. The van der Waals surface area contributed by atoms with E-state index in [-0.39, 0.29) is 11.5 Å². The molecule has 0 saturated heterocycles. The highest BCUT2D eigenvalue weighted by atomic mass is 32.2. The number of hydrogen-bond donors (Lipinski definition) is 0. The largest absolute Gasteiger partial charge is 0.465 e. The first-order valence-electron chi connectivity index (χ1n) is 5.25. The maximum atomic E-state index is 13.0. The molecule has 100 valence electrons. The Hall–Kier alpha value is -1.47. The number of benzene rings is 1. The van der Waals surface area contributed by atoms with E-state index in [1.807, 2.05) is 0 Å². The molecular weight excluding hydrogens is 261 g/mol. The van der Waals surface area contributed by atoms with E-state index in [0.29, 0.717) is 0 Å². The highest BCUT2D eigenvalue weighted by Gasteiger charge is 2.23. The van der Waals surface area contributed by atoms with E-state index in [9.17, 15) is 17.6 Å². The number of sulfonamides is 1. The molecule has 0 atom stereocenters. The third-order valence-corrected chi connectivity index (χ3v) is 3.96. The van der Waals surface area contributed by atoms with Gasteiger partial charge in [0.15, 0.2) is 0 Å². The molecule has 0 saturated carbocycles. The molecule has 0 heterocycles. The Labute approximate surface area is 105 Å². The zero-order valence-electron chi connectivity index (χ0n) is 10.1. The van der Waals surface area contributed by atoms with E-state index in [1.165, 1.54) is 19.2 Å². The molecule has 0 bridgehead atoms. The summed E-state index contributed by atoms with van der Waals surface area (Å²) < 4.78 is 42.4. The lowest BCUT2D eigenvalue weighted by Crippen LogP contribution is -2.33. The van der Waals surface area contributed by atoms with Crippen molar-refractivity contribution in [2.45, 2.75) is 11.8 Å². The van der Waals surface area contributed by atoms with Crippen LogP contribution in [0.1, 0.15) is 6.92 Å². The fraction of sp³-hybridized carbons (Fsp3) is 0.364. The highest BCUT2D eigenvalue weighted by molar-refractivity contribution is 7.89. The van der Waals surface area contributed by atoms with Crippen LogP contribution in [0.4, 0.5) is 4.39 Å². The van der Waals surface area contributed by atoms with Crippen LogP contribution >= 0.6 is 0 Å². The third-order valence-electron chi connectivity index (χ3n) is 2.16. The zero-order chi connectivity index (χ0) is 13.8. The van der Waals surface area contributed by atoms with Gasteiger partial charge in [0.25, 0.3) is 0 Å². The van der Waals surface area contributed by atoms with Gasteiger partial charge in [-0.15, -0.1) is 0 Å². The second-order valence-corrected chi connectivity index (χ2v) is 5.57. The standard InChI is InChI=1S/C11H14FNO4S/c1-3-17-11(14)8-13(2)18(15,16)10-6-4-5-9(12)7-10/h4-7H,3,8H2,1-2H3. The summed E-state index contributed by atoms with van der Waals surface area (Å²) in [6, 6.07) is 4.60. The van der Waals surface area contributed by atoms with Gasteiger partial charge < -0.3 is 4.74 Å². The van der Waals surface area contributed by atoms with Crippen molar-refractivity contribution in [1.82, 2.24) is 4.31 Å². The van der Waals surface area contributed by atoms with Crippen LogP contribution in [0.2, 0.25) is 0 Å². The molecule has 0 unspecified atom stereocenters. The Morgan fingerprint density at radius 1 is 1.44 bits per heavy atom. The Kier molecular flexibility index (Phi) is 4.80. The molecule has 0 aliphatic rings. The summed E-state index contributed by atoms with van der Waals surface area (Å²) in [5, 5.41) is 0. The molecule has 7 heteroatoms. The lowest BCUT2D eigenvalue weighted by molar-refractivity contribution is -0.143. The van der Waals surface area contributed by atoms with Gasteiger partial charge in [-0.2, -0.15) is 4.31 Å². The van der Waals surface area contributed by atoms with E-state index in [1.54, 1.807) is 6.92 Å². The van der Waals surface area contributed by atoms with Gasteiger partial charge in [-0.05, 0) is 25.1 Å². The van der Waals surface area contributed by atoms with E-state index in [2.05, 4.69) is 4.74 Å². The number of carbonyl (C=O) groups excluding carboxylic acids is 1. The summed E-state index contributed by atoms with van der Waals surface area (Å²) >= 11 is 0. The van der Waals surface area contributed by atoms with Crippen LogP contribution in [-0.2, 0) is 19.6 Å². The van der Waals surface area contributed by atoms with Crippen molar-refractivity contribution in [3.05, 3.63) is 30.1 Å². The van der Waals surface area contributed by atoms with Gasteiger partial charge in [-0.25, -0.2) is 12.8 Å². The van der Waals surface area contributed by atoms with Crippen molar-refractivity contribution >= 4 is 16.0 Å². The molecule has 5 nitrogen and oxygen atoms in total. The summed E-state index contributed by atoms with van der Waals surface area (Å²) in [7, 11) is -2.65.